The van der Waals surface area contributed by atoms with Crippen LogP contribution in [0, 0.1) is 12.7 Å². The molecule has 168 valence electrons. The highest BCUT2D eigenvalue weighted by Crippen LogP contribution is 2.36. The molecule has 0 atom stereocenters. The lowest BCUT2D eigenvalue weighted by Gasteiger charge is -2.29. The molecule has 0 amide bonds. The molecule has 3 heterocycles. The van der Waals surface area contributed by atoms with Crippen molar-refractivity contribution >= 4 is 16.6 Å². The number of hydrogen-bond donors (Lipinski definition) is 0. The van der Waals surface area contributed by atoms with E-state index in [0.717, 1.165) is 46.4 Å². The number of ether oxygens (including phenoxy) is 1. The first-order valence-corrected chi connectivity index (χ1v) is 11.7. The van der Waals surface area contributed by atoms with E-state index >= 15 is 0 Å². The predicted octanol–water partition coefficient (Wildman–Crippen LogP) is 6.36. The van der Waals surface area contributed by atoms with Gasteiger partial charge in [0.15, 0.2) is 0 Å². The number of piperidine rings is 1. The first-order chi connectivity index (χ1) is 16.2. The Bertz CT molecular complexity index is 1240. The molecule has 0 N–H and O–H groups in total. The minimum absolute atomic E-state index is 0.233. The van der Waals surface area contributed by atoms with Gasteiger partial charge in [0.2, 0.25) is 5.88 Å². The van der Waals surface area contributed by atoms with Gasteiger partial charge in [-0.2, -0.15) is 0 Å². The third-order valence-corrected chi connectivity index (χ3v) is 6.37. The molecule has 5 rings (SSSR count). The zero-order chi connectivity index (χ0) is 22.6. The smallest absolute Gasteiger partial charge is 0.213 e. The van der Waals surface area contributed by atoms with Gasteiger partial charge >= 0.3 is 0 Å². The summed E-state index contributed by atoms with van der Waals surface area (Å²) in [4.78, 5) is 11.6. The number of benzene rings is 2. The van der Waals surface area contributed by atoms with Crippen LogP contribution in [0.3, 0.4) is 0 Å². The highest BCUT2D eigenvalue weighted by atomic mass is 19.1. The summed E-state index contributed by atoms with van der Waals surface area (Å²) in [5, 5.41) is 1.10. The van der Waals surface area contributed by atoms with Gasteiger partial charge in [-0.3, -0.25) is 4.98 Å². The van der Waals surface area contributed by atoms with Gasteiger partial charge in [-0.25, -0.2) is 9.37 Å². The molecule has 0 saturated carbocycles. The fourth-order valence-electron chi connectivity index (χ4n) is 4.70. The summed E-state index contributed by atoms with van der Waals surface area (Å²) in [6.45, 7) is 4.70. The van der Waals surface area contributed by atoms with Crippen LogP contribution in [0.2, 0.25) is 0 Å². The molecule has 4 nitrogen and oxygen atoms in total. The van der Waals surface area contributed by atoms with Crippen molar-refractivity contribution < 1.29 is 9.13 Å². The number of halogens is 1. The van der Waals surface area contributed by atoms with Crippen molar-refractivity contribution in [3.63, 3.8) is 0 Å². The monoisotopic (exact) mass is 441 g/mol. The molecule has 1 aliphatic heterocycles. The van der Waals surface area contributed by atoms with Crippen molar-refractivity contribution in [2.75, 3.05) is 24.6 Å². The van der Waals surface area contributed by atoms with Crippen LogP contribution in [0.1, 0.15) is 30.5 Å². The van der Waals surface area contributed by atoms with Gasteiger partial charge in [-0.05, 0) is 79.3 Å². The average Bonchev–Trinajstić information content (AvgIpc) is 2.86. The van der Waals surface area contributed by atoms with Gasteiger partial charge in [-0.1, -0.05) is 18.2 Å². The van der Waals surface area contributed by atoms with Crippen LogP contribution >= 0.6 is 0 Å². The van der Waals surface area contributed by atoms with Crippen LogP contribution in [0.5, 0.6) is 5.88 Å². The number of nitrogens with zero attached hydrogens (tertiary/aromatic N) is 3. The van der Waals surface area contributed by atoms with Gasteiger partial charge in [0.25, 0.3) is 0 Å². The minimum Gasteiger partial charge on any atom is -0.477 e. The zero-order valence-corrected chi connectivity index (χ0v) is 18.9. The van der Waals surface area contributed by atoms with E-state index in [1.54, 1.807) is 6.20 Å². The number of anilines is 1. The van der Waals surface area contributed by atoms with E-state index in [1.165, 1.54) is 37.1 Å². The molecule has 0 spiro atoms. The third-order valence-electron chi connectivity index (χ3n) is 6.37. The van der Waals surface area contributed by atoms with E-state index in [4.69, 9.17) is 9.72 Å². The second-order valence-electron chi connectivity index (χ2n) is 8.57. The number of aryl methyl sites for hydroxylation is 1. The second-order valence-corrected chi connectivity index (χ2v) is 8.57. The Morgan fingerprint density at radius 3 is 2.55 bits per heavy atom. The molecule has 1 saturated heterocycles. The molecular weight excluding hydrogens is 413 g/mol. The van der Waals surface area contributed by atoms with Gasteiger partial charge in [0.1, 0.15) is 5.82 Å². The van der Waals surface area contributed by atoms with Crippen LogP contribution in [0.4, 0.5) is 10.1 Å². The lowest BCUT2D eigenvalue weighted by Crippen LogP contribution is -2.29. The lowest BCUT2D eigenvalue weighted by molar-refractivity contribution is 0.309. The molecule has 33 heavy (non-hydrogen) atoms. The lowest BCUT2D eigenvalue weighted by atomic mass is 9.92. The van der Waals surface area contributed by atoms with Crippen LogP contribution in [0.15, 0.2) is 66.9 Å². The maximum atomic E-state index is 13.7. The van der Waals surface area contributed by atoms with Gasteiger partial charge in [0, 0.05) is 48.5 Å². The van der Waals surface area contributed by atoms with Crippen LogP contribution in [-0.2, 0) is 6.42 Å². The Hall–Kier alpha value is -3.47. The van der Waals surface area contributed by atoms with E-state index in [0.29, 0.717) is 18.9 Å². The first-order valence-electron chi connectivity index (χ1n) is 11.7. The van der Waals surface area contributed by atoms with Crippen LogP contribution in [-0.4, -0.2) is 29.7 Å². The Morgan fingerprint density at radius 1 is 0.970 bits per heavy atom. The molecule has 1 aliphatic rings. The quantitative estimate of drug-likeness (QED) is 0.349. The largest absolute Gasteiger partial charge is 0.477 e. The summed E-state index contributed by atoms with van der Waals surface area (Å²) in [5.74, 6) is 0.377. The molecule has 0 radical (unpaired) electrons. The summed E-state index contributed by atoms with van der Waals surface area (Å²) in [5.41, 5.74) is 6.39. The molecule has 2 aromatic carbocycles. The van der Waals surface area contributed by atoms with Crippen LogP contribution in [0.25, 0.3) is 22.0 Å². The summed E-state index contributed by atoms with van der Waals surface area (Å²) in [6.07, 6.45) is 6.17. The highest BCUT2D eigenvalue weighted by Gasteiger charge is 2.18. The molecule has 0 unspecified atom stereocenters. The normalized spacial score (nSPS) is 13.9. The number of rotatable bonds is 6. The third kappa shape index (κ3) is 4.68. The number of fused-ring (bicyclic) bond motifs is 1. The fourth-order valence-corrected chi connectivity index (χ4v) is 4.70. The number of hydrogen-bond acceptors (Lipinski definition) is 4. The maximum Gasteiger partial charge on any atom is 0.213 e. The van der Waals surface area contributed by atoms with E-state index in [9.17, 15) is 4.39 Å². The van der Waals surface area contributed by atoms with Crippen molar-refractivity contribution in [1.82, 2.24) is 9.97 Å². The highest BCUT2D eigenvalue weighted by molar-refractivity contribution is 5.98. The van der Waals surface area contributed by atoms with Crippen molar-refractivity contribution in [1.29, 1.82) is 0 Å². The van der Waals surface area contributed by atoms with Crippen molar-refractivity contribution in [2.24, 2.45) is 0 Å². The van der Waals surface area contributed by atoms with E-state index in [-0.39, 0.29) is 5.82 Å². The Morgan fingerprint density at radius 2 is 1.79 bits per heavy atom. The van der Waals surface area contributed by atoms with E-state index in [1.807, 2.05) is 37.3 Å². The standard InChI is InChI=1S/C28H28FN3O/c1-20-24(14-18-33-27-7-3-4-15-30-27)28(21-8-10-22(29)11-9-21)25-19-23(12-13-26(25)31-20)32-16-5-2-6-17-32/h3-4,7-13,15,19H,2,5-6,14,16-18H2,1H3. The predicted molar refractivity (Wildman–Crippen MR) is 131 cm³/mol. The Balaban J connectivity index is 1.58. The summed E-state index contributed by atoms with van der Waals surface area (Å²) < 4.78 is 19.6. The average molecular weight is 442 g/mol. The molecular formula is C28H28FN3O. The zero-order valence-electron chi connectivity index (χ0n) is 18.9. The number of pyridine rings is 2. The molecule has 0 aliphatic carbocycles. The van der Waals surface area contributed by atoms with E-state index in [2.05, 4.69) is 28.1 Å². The van der Waals surface area contributed by atoms with Crippen LogP contribution < -0.4 is 9.64 Å². The molecule has 2 aromatic heterocycles. The Kier molecular flexibility index (Phi) is 6.20. The SMILES string of the molecule is Cc1nc2ccc(N3CCCCC3)cc2c(-c2ccc(F)cc2)c1CCOc1ccccn1. The van der Waals surface area contributed by atoms with Crippen molar-refractivity contribution in [2.45, 2.75) is 32.6 Å². The minimum atomic E-state index is -0.233. The molecule has 5 heteroatoms. The summed E-state index contributed by atoms with van der Waals surface area (Å²) in [6, 6.07) is 19.0. The topological polar surface area (TPSA) is 38.2 Å². The molecule has 0 bridgehead atoms. The number of aromatic nitrogens is 2. The second kappa shape index (κ2) is 9.57. The first kappa shape index (κ1) is 21.4. The van der Waals surface area contributed by atoms with Crippen molar-refractivity contribution in [3.8, 4) is 17.0 Å². The van der Waals surface area contributed by atoms with Gasteiger partial charge in [-0.15, -0.1) is 0 Å². The molecule has 4 aromatic rings. The van der Waals surface area contributed by atoms with Gasteiger partial charge in [0.05, 0.1) is 12.1 Å². The summed E-state index contributed by atoms with van der Waals surface area (Å²) in [7, 11) is 0. The Labute approximate surface area is 194 Å². The van der Waals surface area contributed by atoms with Crippen molar-refractivity contribution in [3.05, 3.63) is 83.9 Å². The maximum absolute atomic E-state index is 13.7. The van der Waals surface area contributed by atoms with E-state index < -0.39 is 0 Å². The summed E-state index contributed by atoms with van der Waals surface area (Å²) >= 11 is 0. The fraction of sp³-hybridized carbons (Fsp3) is 0.286. The van der Waals surface area contributed by atoms with Gasteiger partial charge < -0.3 is 9.64 Å². The molecule has 1 fully saturated rings.